The van der Waals surface area contributed by atoms with Gasteiger partial charge in [0.1, 0.15) is 0 Å². The smallest absolute Gasteiger partial charge is 0.0249 e. The number of unbranched alkanes of at least 4 members (excludes halogenated alkanes) is 6. The molecule has 1 saturated carbocycles. The molecule has 1 aliphatic carbocycles. The lowest BCUT2D eigenvalue weighted by Gasteiger charge is -2.41. The van der Waals surface area contributed by atoms with E-state index in [0.29, 0.717) is 0 Å². The molecular formula is C19H38N2. The fraction of sp³-hybridized carbons (Fsp3) is 1.00. The third-order valence-corrected chi connectivity index (χ3v) is 5.39. The van der Waals surface area contributed by atoms with Crippen LogP contribution in [-0.2, 0) is 0 Å². The van der Waals surface area contributed by atoms with Gasteiger partial charge in [0, 0.05) is 25.2 Å². The highest BCUT2D eigenvalue weighted by atomic mass is 15.2. The summed E-state index contributed by atoms with van der Waals surface area (Å²) in [6.07, 6.45) is 15.7. The Hall–Kier alpha value is -0.0800. The van der Waals surface area contributed by atoms with E-state index >= 15 is 0 Å². The van der Waals surface area contributed by atoms with Gasteiger partial charge in [-0.15, -0.1) is 0 Å². The highest BCUT2D eigenvalue weighted by Gasteiger charge is 2.38. The summed E-state index contributed by atoms with van der Waals surface area (Å²) in [6, 6.07) is 1.62. The lowest BCUT2D eigenvalue weighted by atomic mass is 10.0. The van der Waals surface area contributed by atoms with Gasteiger partial charge in [-0.3, -0.25) is 4.90 Å². The Balaban J connectivity index is 1.62. The Morgan fingerprint density at radius 3 is 2.29 bits per heavy atom. The maximum absolute atomic E-state index is 3.80. The summed E-state index contributed by atoms with van der Waals surface area (Å²) in [5.41, 5.74) is 0. The molecular weight excluding hydrogens is 256 g/mol. The first-order chi connectivity index (χ1) is 10.3. The van der Waals surface area contributed by atoms with Crippen molar-refractivity contribution in [2.45, 2.75) is 96.6 Å². The lowest BCUT2D eigenvalue weighted by Crippen LogP contribution is -2.57. The molecule has 0 aromatic heterocycles. The highest BCUT2D eigenvalue weighted by molar-refractivity contribution is 4.94. The first kappa shape index (κ1) is 17.3. The highest BCUT2D eigenvalue weighted by Crippen LogP contribution is 2.36. The summed E-state index contributed by atoms with van der Waals surface area (Å²) >= 11 is 0. The second-order valence-electron chi connectivity index (χ2n) is 7.41. The predicted molar refractivity (Wildman–Crippen MR) is 92.8 cm³/mol. The van der Waals surface area contributed by atoms with Gasteiger partial charge in [0.2, 0.25) is 0 Å². The van der Waals surface area contributed by atoms with E-state index in [0.717, 1.165) is 18.0 Å². The predicted octanol–water partition coefficient (Wildman–Crippen LogP) is 4.59. The third kappa shape index (κ3) is 6.28. The van der Waals surface area contributed by atoms with E-state index in [2.05, 4.69) is 24.1 Å². The molecule has 2 aliphatic rings. The average molecular weight is 295 g/mol. The molecule has 2 heteroatoms. The van der Waals surface area contributed by atoms with E-state index in [-0.39, 0.29) is 0 Å². The molecule has 1 saturated heterocycles. The maximum Gasteiger partial charge on any atom is 0.0249 e. The summed E-state index contributed by atoms with van der Waals surface area (Å²) in [5.74, 6) is 1.02. The minimum atomic E-state index is 0.759. The van der Waals surface area contributed by atoms with Gasteiger partial charge in [-0.1, -0.05) is 58.8 Å². The number of nitrogens with zero attached hydrogens (tertiary/aromatic N) is 1. The molecule has 1 N–H and O–H groups in total. The van der Waals surface area contributed by atoms with Crippen molar-refractivity contribution in [2.24, 2.45) is 5.92 Å². The van der Waals surface area contributed by atoms with E-state index in [9.17, 15) is 0 Å². The lowest BCUT2D eigenvalue weighted by molar-refractivity contribution is 0.109. The topological polar surface area (TPSA) is 15.3 Å². The molecule has 2 atom stereocenters. The molecule has 2 unspecified atom stereocenters. The van der Waals surface area contributed by atoms with Crippen LogP contribution >= 0.6 is 0 Å². The SMILES string of the molecule is CCCCCCCCCN1CC(CCC)NCC1C1CC1. The van der Waals surface area contributed by atoms with Crippen molar-refractivity contribution in [3.8, 4) is 0 Å². The summed E-state index contributed by atoms with van der Waals surface area (Å²) in [6.45, 7) is 8.54. The van der Waals surface area contributed by atoms with Gasteiger partial charge < -0.3 is 5.32 Å². The normalized spacial score (nSPS) is 27.1. The van der Waals surface area contributed by atoms with Crippen LogP contribution in [0.5, 0.6) is 0 Å². The van der Waals surface area contributed by atoms with Gasteiger partial charge in [-0.2, -0.15) is 0 Å². The van der Waals surface area contributed by atoms with Gasteiger partial charge in [0.25, 0.3) is 0 Å². The van der Waals surface area contributed by atoms with Crippen LogP contribution in [0.2, 0.25) is 0 Å². The van der Waals surface area contributed by atoms with Crippen LogP contribution in [-0.4, -0.2) is 36.6 Å². The number of hydrogen-bond donors (Lipinski definition) is 1. The van der Waals surface area contributed by atoms with Gasteiger partial charge in [-0.25, -0.2) is 0 Å². The monoisotopic (exact) mass is 294 g/mol. The summed E-state index contributed by atoms with van der Waals surface area (Å²) in [7, 11) is 0. The van der Waals surface area contributed by atoms with E-state index in [4.69, 9.17) is 0 Å². The largest absolute Gasteiger partial charge is 0.311 e. The second-order valence-corrected chi connectivity index (χ2v) is 7.41. The van der Waals surface area contributed by atoms with Crippen LogP contribution in [0.15, 0.2) is 0 Å². The number of piperazine rings is 1. The zero-order valence-corrected chi connectivity index (χ0v) is 14.6. The number of rotatable bonds is 11. The number of nitrogens with one attached hydrogen (secondary N) is 1. The second kappa shape index (κ2) is 9.84. The molecule has 0 radical (unpaired) electrons. The maximum atomic E-state index is 3.80. The summed E-state index contributed by atoms with van der Waals surface area (Å²) in [5, 5.41) is 3.80. The zero-order valence-electron chi connectivity index (χ0n) is 14.6. The van der Waals surface area contributed by atoms with Crippen LogP contribution in [0.1, 0.15) is 84.5 Å². The molecule has 0 spiro atoms. The van der Waals surface area contributed by atoms with Gasteiger partial charge >= 0.3 is 0 Å². The Labute approximate surface area is 133 Å². The molecule has 2 fully saturated rings. The minimum Gasteiger partial charge on any atom is -0.311 e. The fourth-order valence-corrected chi connectivity index (χ4v) is 3.92. The molecule has 0 aromatic rings. The Morgan fingerprint density at radius 1 is 0.905 bits per heavy atom. The molecule has 2 nitrogen and oxygen atoms in total. The van der Waals surface area contributed by atoms with Crippen molar-refractivity contribution in [3.63, 3.8) is 0 Å². The molecule has 124 valence electrons. The molecule has 1 heterocycles. The van der Waals surface area contributed by atoms with Crippen molar-refractivity contribution < 1.29 is 0 Å². The van der Waals surface area contributed by atoms with Gasteiger partial charge in [0.15, 0.2) is 0 Å². The van der Waals surface area contributed by atoms with Crippen LogP contribution in [0.4, 0.5) is 0 Å². The Kier molecular flexibility index (Phi) is 8.10. The van der Waals surface area contributed by atoms with E-state index in [1.54, 1.807) is 0 Å². The van der Waals surface area contributed by atoms with Gasteiger partial charge in [0.05, 0.1) is 0 Å². The minimum absolute atomic E-state index is 0.759. The number of hydrogen-bond acceptors (Lipinski definition) is 2. The molecule has 0 aromatic carbocycles. The first-order valence-electron chi connectivity index (χ1n) is 9.82. The van der Waals surface area contributed by atoms with Crippen LogP contribution in [0.25, 0.3) is 0 Å². The van der Waals surface area contributed by atoms with Crippen molar-refractivity contribution in [2.75, 3.05) is 19.6 Å². The van der Waals surface area contributed by atoms with Crippen molar-refractivity contribution in [1.29, 1.82) is 0 Å². The van der Waals surface area contributed by atoms with Gasteiger partial charge in [-0.05, 0) is 38.1 Å². The molecule has 0 amide bonds. The van der Waals surface area contributed by atoms with Crippen LogP contribution in [0, 0.1) is 5.92 Å². The van der Waals surface area contributed by atoms with Crippen molar-refractivity contribution in [1.82, 2.24) is 10.2 Å². The molecule has 1 aliphatic heterocycles. The quantitative estimate of drug-likeness (QED) is 0.561. The standard InChI is InChI=1S/C19H38N2/c1-3-5-6-7-8-9-10-14-21-16-18(11-4-2)20-15-19(21)17-12-13-17/h17-20H,3-16H2,1-2H3. The van der Waals surface area contributed by atoms with E-state index in [1.165, 1.54) is 90.3 Å². The summed E-state index contributed by atoms with van der Waals surface area (Å²) < 4.78 is 0. The molecule has 2 rings (SSSR count). The third-order valence-electron chi connectivity index (χ3n) is 5.39. The van der Waals surface area contributed by atoms with Crippen molar-refractivity contribution >= 4 is 0 Å². The average Bonchev–Trinajstić information content (AvgIpc) is 3.31. The zero-order chi connectivity index (χ0) is 14.9. The van der Waals surface area contributed by atoms with Crippen LogP contribution < -0.4 is 5.32 Å². The van der Waals surface area contributed by atoms with E-state index in [1.807, 2.05) is 0 Å². The van der Waals surface area contributed by atoms with Crippen molar-refractivity contribution in [3.05, 3.63) is 0 Å². The van der Waals surface area contributed by atoms with E-state index < -0.39 is 0 Å². The Morgan fingerprint density at radius 2 is 1.62 bits per heavy atom. The Bertz CT molecular complexity index is 262. The summed E-state index contributed by atoms with van der Waals surface area (Å²) in [4.78, 5) is 2.85. The molecule has 0 bridgehead atoms. The first-order valence-corrected chi connectivity index (χ1v) is 9.82. The van der Waals surface area contributed by atoms with Crippen LogP contribution in [0.3, 0.4) is 0 Å². The fourth-order valence-electron chi connectivity index (χ4n) is 3.92. The molecule has 21 heavy (non-hydrogen) atoms.